The molecule has 3 aromatic rings. The number of aromatic nitrogens is 1. The predicted octanol–water partition coefficient (Wildman–Crippen LogP) is 3.95. The van der Waals surface area contributed by atoms with E-state index in [1.807, 2.05) is 29.7 Å². The van der Waals surface area contributed by atoms with Crippen LogP contribution in [0.15, 0.2) is 48.0 Å². The minimum Gasteiger partial charge on any atom is -0.397 e. The maximum Gasteiger partial charge on any atom is 0.0951 e. The van der Waals surface area contributed by atoms with Gasteiger partial charge in [0, 0.05) is 41.7 Å². The lowest BCUT2D eigenvalue weighted by atomic mass is 10.1. The third-order valence-corrected chi connectivity index (χ3v) is 4.80. The van der Waals surface area contributed by atoms with Gasteiger partial charge in [-0.15, -0.1) is 11.3 Å². The number of thiophene rings is 1. The number of nitrogens with zero attached hydrogens (tertiary/aromatic N) is 2. The van der Waals surface area contributed by atoms with Gasteiger partial charge in [-0.05, 0) is 30.5 Å². The molecular weight excluding hydrogens is 278 g/mol. The molecule has 1 unspecified atom stereocenters. The molecule has 3 rings (SSSR count). The summed E-state index contributed by atoms with van der Waals surface area (Å²) >= 11 is 1.81. The maximum atomic E-state index is 6.03. The van der Waals surface area contributed by atoms with Crippen molar-refractivity contribution in [2.75, 3.05) is 17.7 Å². The molecule has 0 aliphatic carbocycles. The van der Waals surface area contributed by atoms with Crippen molar-refractivity contribution in [2.45, 2.75) is 19.4 Å². The molecule has 2 N–H and O–H groups in total. The Hall–Kier alpha value is -2.07. The summed E-state index contributed by atoms with van der Waals surface area (Å²) in [6.45, 7) is 2.25. The van der Waals surface area contributed by atoms with Crippen LogP contribution in [0.1, 0.15) is 11.8 Å². The van der Waals surface area contributed by atoms with E-state index in [1.165, 1.54) is 10.6 Å². The lowest BCUT2D eigenvalue weighted by Crippen LogP contribution is -2.30. The van der Waals surface area contributed by atoms with Crippen molar-refractivity contribution in [1.82, 2.24) is 4.98 Å². The van der Waals surface area contributed by atoms with E-state index >= 15 is 0 Å². The van der Waals surface area contributed by atoms with Crippen LogP contribution in [-0.4, -0.2) is 18.1 Å². The summed E-state index contributed by atoms with van der Waals surface area (Å²) in [5, 5.41) is 3.24. The van der Waals surface area contributed by atoms with Crippen molar-refractivity contribution in [3.63, 3.8) is 0 Å². The molecule has 4 heteroatoms. The van der Waals surface area contributed by atoms with E-state index in [9.17, 15) is 0 Å². The summed E-state index contributed by atoms with van der Waals surface area (Å²) in [7, 11) is 2.14. The summed E-state index contributed by atoms with van der Waals surface area (Å²) in [5.41, 5.74) is 8.82. The third kappa shape index (κ3) is 2.72. The van der Waals surface area contributed by atoms with Crippen LogP contribution in [0, 0.1) is 0 Å². The van der Waals surface area contributed by atoms with Crippen molar-refractivity contribution >= 4 is 33.6 Å². The smallest absolute Gasteiger partial charge is 0.0951 e. The van der Waals surface area contributed by atoms with Crippen LogP contribution >= 0.6 is 11.3 Å². The molecule has 0 fully saturated rings. The topological polar surface area (TPSA) is 42.2 Å². The number of hydrogen-bond acceptors (Lipinski definition) is 4. The Morgan fingerprint density at radius 1 is 1.24 bits per heavy atom. The van der Waals surface area contributed by atoms with Crippen molar-refractivity contribution in [3.8, 4) is 0 Å². The van der Waals surface area contributed by atoms with Gasteiger partial charge in [0.25, 0.3) is 0 Å². The highest BCUT2D eigenvalue weighted by atomic mass is 32.1. The molecule has 2 aromatic heterocycles. The molecule has 1 aromatic carbocycles. The standard InChI is InChI=1S/C17H19N3S/c1-12(11-13-5-4-10-21-13)20(2)16-8-9-19-17-14(16)6-3-7-15(17)18/h3-10,12H,11,18H2,1-2H3. The Bertz CT molecular complexity index is 737. The minimum absolute atomic E-state index is 0.413. The zero-order valence-electron chi connectivity index (χ0n) is 12.3. The number of anilines is 2. The molecule has 0 aliphatic rings. The van der Waals surface area contributed by atoms with Gasteiger partial charge < -0.3 is 10.6 Å². The Labute approximate surface area is 129 Å². The fraction of sp³-hybridized carbons (Fsp3) is 0.235. The number of benzene rings is 1. The first-order valence-electron chi connectivity index (χ1n) is 7.05. The molecule has 0 spiro atoms. The quantitative estimate of drug-likeness (QED) is 0.742. The highest BCUT2D eigenvalue weighted by Crippen LogP contribution is 2.29. The highest BCUT2D eigenvalue weighted by Gasteiger charge is 2.14. The highest BCUT2D eigenvalue weighted by molar-refractivity contribution is 7.09. The maximum absolute atomic E-state index is 6.03. The van der Waals surface area contributed by atoms with Gasteiger partial charge in [-0.3, -0.25) is 4.98 Å². The molecule has 108 valence electrons. The van der Waals surface area contributed by atoms with E-state index in [0.717, 1.165) is 23.0 Å². The first kappa shape index (κ1) is 13.9. The Morgan fingerprint density at radius 2 is 2.10 bits per heavy atom. The molecule has 3 nitrogen and oxygen atoms in total. The lowest BCUT2D eigenvalue weighted by Gasteiger charge is -2.28. The Kier molecular flexibility index (Phi) is 3.80. The minimum atomic E-state index is 0.413. The molecular formula is C17H19N3S. The van der Waals surface area contributed by atoms with Gasteiger partial charge in [0.05, 0.1) is 11.2 Å². The molecule has 21 heavy (non-hydrogen) atoms. The van der Waals surface area contributed by atoms with Crippen molar-refractivity contribution in [1.29, 1.82) is 0 Å². The van der Waals surface area contributed by atoms with Gasteiger partial charge in [0.1, 0.15) is 0 Å². The third-order valence-electron chi connectivity index (χ3n) is 3.90. The SMILES string of the molecule is CC(Cc1cccs1)N(C)c1ccnc2c(N)cccc12. The zero-order chi connectivity index (χ0) is 14.8. The van der Waals surface area contributed by atoms with E-state index < -0.39 is 0 Å². The fourth-order valence-corrected chi connectivity index (χ4v) is 3.41. The number of likely N-dealkylation sites (N-methyl/N-ethyl adjacent to an activating group) is 1. The van der Waals surface area contributed by atoms with E-state index in [0.29, 0.717) is 6.04 Å². The van der Waals surface area contributed by atoms with E-state index in [-0.39, 0.29) is 0 Å². The number of para-hydroxylation sites is 1. The van der Waals surface area contributed by atoms with Crippen molar-refractivity contribution in [3.05, 3.63) is 52.9 Å². The number of nitrogen functional groups attached to an aromatic ring is 1. The largest absolute Gasteiger partial charge is 0.397 e. The molecule has 0 aliphatic heterocycles. The average molecular weight is 297 g/mol. The molecule has 0 saturated carbocycles. The molecule has 1 atom stereocenters. The van der Waals surface area contributed by atoms with Crippen molar-refractivity contribution < 1.29 is 0 Å². The van der Waals surface area contributed by atoms with Gasteiger partial charge >= 0.3 is 0 Å². The van der Waals surface area contributed by atoms with Gasteiger partial charge in [-0.1, -0.05) is 18.2 Å². The van der Waals surface area contributed by atoms with E-state index in [4.69, 9.17) is 5.73 Å². The van der Waals surface area contributed by atoms with Crippen LogP contribution in [0.3, 0.4) is 0 Å². The molecule has 2 heterocycles. The monoisotopic (exact) mass is 297 g/mol. The summed E-state index contributed by atoms with van der Waals surface area (Å²) in [6, 6.07) is 12.7. The number of pyridine rings is 1. The Balaban J connectivity index is 1.94. The molecule has 0 saturated heterocycles. The van der Waals surface area contributed by atoms with Gasteiger partial charge in [-0.25, -0.2) is 0 Å². The zero-order valence-corrected chi connectivity index (χ0v) is 13.1. The molecule has 0 bridgehead atoms. The second kappa shape index (κ2) is 5.74. The summed E-state index contributed by atoms with van der Waals surface area (Å²) in [5.74, 6) is 0. The van der Waals surface area contributed by atoms with E-state index in [1.54, 1.807) is 0 Å². The van der Waals surface area contributed by atoms with Gasteiger partial charge in [-0.2, -0.15) is 0 Å². The normalized spacial score (nSPS) is 12.5. The fourth-order valence-electron chi connectivity index (χ4n) is 2.59. The molecule has 0 amide bonds. The van der Waals surface area contributed by atoms with E-state index in [2.05, 4.69) is 53.5 Å². The van der Waals surface area contributed by atoms with Gasteiger partial charge in [0.2, 0.25) is 0 Å². The summed E-state index contributed by atoms with van der Waals surface area (Å²) in [4.78, 5) is 8.13. The van der Waals surface area contributed by atoms with Crippen LogP contribution < -0.4 is 10.6 Å². The number of fused-ring (bicyclic) bond motifs is 1. The lowest BCUT2D eigenvalue weighted by molar-refractivity contribution is 0.690. The number of rotatable bonds is 4. The predicted molar refractivity (Wildman–Crippen MR) is 92.0 cm³/mol. The number of nitrogens with two attached hydrogens (primary N) is 1. The van der Waals surface area contributed by atoms with Crippen LogP contribution in [0.25, 0.3) is 10.9 Å². The van der Waals surface area contributed by atoms with Crippen LogP contribution in [0.4, 0.5) is 11.4 Å². The Morgan fingerprint density at radius 3 is 2.86 bits per heavy atom. The first-order chi connectivity index (χ1) is 10.2. The van der Waals surface area contributed by atoms with Crippen LogP contribution in [0.2, 0.25) is 0 Å². The number of hydrogen-bond donors (Lipinski definition) is 1. The first-order valence-corrected chi connectivity index (χ1v) is 7.93. The summed E-state index contributed by atoms with van der Waals surface area (Å²) in [6.07, 6.45) is 2.88. The average Bonchev–Trinajstić information content (AvgIpc) is 2.99. The van der Waals surface area contributed by atoms with Crippen LogP contribution in [0.5, 0.6) is 0 Å². The van der Waals surface area contributed by atoms with Gasteiger partial charge in [0.15, 0.2) is 0 Å². The summed E-state index contributed by atoms with van der Waals surface area (Å²) < 4.78 is 0. The second-order valence-corrected chi connectivity index (χ2v) is 6.35. The molecule has 0 radical (unpaired) electrons. The van der Waals surface area contributed by atoms with Crippen LogP contribution in [-0.2, 0) is 6.42 Å². The van der Waals surface area contributed by atoms with Crippen molar-refractivity contribution in [2.24, 2.45) is 0 Å². The second-order valence-electron chi connectivity index (χ2n) is 5.32.